The van der Waals surface area contributed by atoms with Gasteiger partial charge >= 0.3 is 0 Å². The Morgan fingerprint density at radius 3 is 2.74 bits per heavy atom. The Balaban J connectivity index is 0.00000261. The molecule has 0 bridgehead atoms. The SMILES string of the molecule is Cc1ccccc1COc1ccccc1C(=O)NCCC1CCCNC1.Cl. The summed E-state index contributed by atoms with van der Waals surface area (Å²) in [7, 11) is 0. The van der Waals surface area contributed by atoms with Crippen molar-refractivity contribution >= 4 is 18.3 Å². The molecule has 1 aliphatic heterocycles. The number of carbonyl (C=O) groups is 1. The first kappa shape index (κ1) is 21.3. The molecule has 1 saturated heterocycles. The van der Waals surface area contributed by atoms with Crippen molar-refractivity contribution in [2.24, 2.45) is 5.92 Å². The summed E-state index contributed by atoms with van der Waals surface area (Å²) in [6, 6.07) is 15.6. The third kappa shape index (κ3) is 6.26. The van der Waals surface area contributed by atoms with E-state index >= 15 is 0 Å². The van der Waals surface area contributed by atoms with E-state index in [-0.39, 0.29) is 18.3 Å². The highest BCUT2D eigenvalue weighted by atomic mass is 35.5. The number of para-hydroxylation sites is 1. The molecule has 5 heteroatoms. The number of amides is 1. The van der Waals surface area contributed by atoms with Gasteiger partial charge in [0, 0.05) is 6.54 Å². The first-order chi connectivity index (χ1) is 12.7. The highest BCUT2D eigenvalue weighted by Gasteiger charge is 2.15. The van der Waals surface area contributed by atoms with Crippen LogP contribution in [0.15, 0.2) is 48.5 Å². The van der Waals surface area contributed by atoms with Crippen LogP contribution >= 0.6 is 12.4 Å². The van der Waals surface area contributed by atoms with E-state index in [1.54, 1.807) is 0 Å². The maximum atomic E-state index is 12.6. The van der Waals surface area contributed by atoms with Gasteiger partial charge in [-0.2, -0.15) is 0 Å². The van der Waals surface area contributed by atoms with Gasteiger partial charge in [0.2, 0.25) is 0 Å². The zero-order chi connectivity index (χ0) is 18.2. The Bertz CT molecular complexity index is 730. The van der Waals surface area contributed by atoms with Crippen LogP contribution in [0.25, 0.3) is 0 Å². The summed E-state index contributed by atoms with van der Waals surface area (Å²) < 4.78 is 5.95. The van der Waals surface area contributed by atoms with Gasteiger partial charge in [0.05, 0.1) is 5.56 Å². The van der Waals surface area contributed by atoms with E-state index in [1.165, 1.54) is 18.4 Å². The normalized spacial score (nSPS) is 16.3. The molecule has 2 N–H and O–H groups in total. The molecule has 1 amide bonds. The molecule has 1 atom stereocenters. The van der Waals surface area contributed by atoms with Crippen molar-refractivity contribution in [3.63, 3.8) is 0 Å². The van der Waals surface area contributed by atoms with E-state index in [1.807, 2.05) is 36.4 Å². The number of ether oxygens (including phenoxy) is 1. The summed E-state index contributed by atoms with van der Waals surface area (Å²) in [5.74, 6) is 1.23. The molecule has 2 aromatic carbocycles. The number of piperidine rings is 1. The zero-order valence-corrected chi connectivity index (χ0v) is 16.7. The lowest BCUT2D eigenvalue weighted by atomic mass is 9.96. The average molecular weight is 389 g/mol. The molecule has 0 spiro atoms. The van der Waals surface area contributed by atoms with Crippen molar-refractivity contribution in [2.75, 3.05) is 19.6 Å². The molecule has 3 rings (SSSR count). The second kappa shape index (κ2) is 11.0. The molecule has 4 nitrogen and oxygen atoms in total. The van der Waals surface area contributed by atoms with E-state index in [9.17, 15) is 4.79 Å². The fourth-order valence-electron chi connectivity index (χ4n) is 3.36. The van der Waals surface area contributed by atoms with Crippen LogP contribution in [-0.4, -0.2) is 25.5 Å². The quantitative estimate of drug-likeness (QED) is 0.750. The minimum atomic E-state index is -0.0610. The maximum Gasteiger partial charge on any atom is 0.255 e. The van der Waals surface area contributed by atoms with Gasteiger partial charge in [-0.1, -0.05) is 36.4 Å². The summed E-state index contributed by atoms with van der Waals surface area (Å²) in [5, 5.41) is 6.47. The standard InChI is InChI=1S/C22H28N2O2.ClH/c1-17-7-2-3-9-19(17)16-26-21-11-5-4-10-20(21)22(25)24-14-12-18-8-6-13-23-15-18;/h2-5,7,9-11,18,23H,6,8,12-16H2,1H3,(H,24,25);1H. The molecule has 1 aliphatic rings. The molecule has 1 fully saturated rings. The minimum absolute atomic E-state index is 0. The Morgan fingerprint density at radius 2 is 1.96 bits per heavy atom. The Hall–Kier alpha value is -2.04. The Labute approximate surface area is 168 Å². The van der Waals surface area contributed by atoms with Gasteiger partial charge in [0.25, 0.3) is 5.91 Å². The third-order valence-corrected chi connectivity index (χ3v) is 5.01. The lowest BCUT2D eigenvalue weighted by Gasteiger charge is -2.22. The average Bonchev–Trinajstić information content (AvgIpc) is 2.68. The molecular formula is C22H29ClN2O2. The summed E-state index contributed by atoms with van der Waals surface area (Å²) in [4.78, 5) is 12.6. The van der Waals surface area contributed by atoms with Crippen LogP contribution in [0, 0.1) is 12.8 Å². The maximum absolute atomic E-state index is 12.6. The first-order valence-corrected chi connectivity index (χ1v) is 9.49. The second-order valence-corrected chi connectivity index (χ2v) is 6.97. The van der Waals surface area contributed by atoms with Crippen LogP contribution in [0.4, 0.5) is 0 Å². The van der Waals surface area contributed by atoms with Gasteiger partial charge in [0.15, 0.2) is 0 Å². The number of aryl methyl sites for hydroxylation is 1. The largest absolute Gasteiger partial charge is 0.488 e. The number of carbonyl (C=O) groups excluding carboxylic acids is 1. The van der Waals surface area contributed by atoms with Crippen LogP contribution in [0.1, 0.15) is 40.7 Å². The molecule has 0 radical (unpaired) electrons. The van der Waals surface area contributed by atoms with E-state index < -0.39 is 0 Å². The summed E-state index contributed by atoms with van der Waals surface area (Å²) >= 11 is 0. The van der Waals surface area contributed by atoms with Crippen LogP contribution < -0.4 is 15.4 Å². The summed E-state index contributed by atoms with van der Waals surface area (Å²) in [6.45, 7) is 5.42. The Kier molecular flexibility index (Phi) is 8.62. The molecule has 0 saturated carbocycles. The molecular weight excluding hydrogens is 360 g/mol. The number of hydrogen-bond donors (Lipinski definition) is 2. The number of nitrogens with one attached hydrogen (secondary N) is 2. The molecule has 2 aromatic rings. The van der Waals surface area contributed by atoms with Gasteiger partial charge < -0.3 is 15.4 Å². The number of benzene rings is 2. The highest BCUT2D eigenvalue weighted by Crippen LogP contribution is 2.20. The molecule has 1 unspecified atom stereocenters. The van der Waals surface area contributed by atoms with Crippen molar-refractivity contribution in [1.29, 1.82) is 0 Å². The zero-order valence-electron chi connectivity index (χ0n) is 15.9. The van der Waals surface area contributed by atoms with Crippen molar-refractivity contribution < 1.29 is 9.53 Å². The third-order valence-electron chi connectivity index (χ3n) is 5.01. The molecule has 0 aliphatic carbocycles. The van der Waals surface area contributed by atoms with E-state index in [4.69, 9.17) is 4.74 Å². The van der Waals surface area contributed by atoms with Gasteiger partial charge in [-0.05, 0) is 68.5 Å². The molecule has 146 valence electrons. The predicted octanol–water partition coefficient (Wildman–Crippen LogP) is 4.12. The molecule has 0 aromatic heterocycles. The van der Waals surface area contributed by atoms with Crippen molar-refractivity contribution in [3.05, 3.63) is 65.2 Å². The predicted molar refractivity (Wildman–Crippen MR) is 112 cm³/mol. The monoisotopic (exact) mass is 388 g/mol. The summed E-state index contributed by atoms with van der Waals surface area (Å²) in [6.07, 6.45) is 3.50. The molecule has 27 heavy (non-hydrogen) atoms. The van der Waals surface area contributed by atoms with Crippen LogP contribution in [0.5, 0.6) is 5.75 Å². The molecule has 1 heterocycles. The van der Waals surface area contributed by atoms with Crippen LogP contribution in [-0.2, 0) is 6.61 Å². The fourth-order valence-corrected chi connectivity index (χ4v) is 3.36. The van der Waals surface area contributed by atoms with Crippen LogP contribution in [0.2, 0.25) is 0 Å². The van der Waals surface area contributed by atoms with Crippen molar-refractivity contribution in [2.45, 2.75) is 32.8 Å². The number of rotatable bonds is 7. The first-order valence-electron chi connectivity index (χ1n) is 9.49. The minimum Gasteiger partial charge on any atom is -0.488 e. The van der Waals surface area contributed by atoms with Gasteiger partial charge in [0.1, 0.15) is 12.4 Å². The van der Waals surface area contributed by atoms with E-state index in [2.05, 4.69) is 29.7 Å². The lowest BCUT2D eigenvalue weighted by molar-refractivity contribution is 0.0946. The van der Waals surface area contributed by atoms with Gasteiger partial charge in [-0.3, -0.25) is 4.79 Å². The number of hydrogen-bond acceptors (Lipinski definition) is 3. The Morgan fingerprint density at radius 1 is 1.19 bits per heavy atom. The topological polar surface area (TPSA) is 50.4 Å². The number of halogens is 1. The smallest absolute Gasteiger partial charge is 0.255 e. The van der Waals surface area contributed by atoms with Crippen LogP contribution in [0.3, 0.4) is 0 Å². The lowest BCUT2D eigenvalue weighted by Crippen LogP contribution is -2.33. The van der Waals surface area contributed by atoms with Crippen molar-refractivity contribution in [3.8, 4) is 5.75 Å². The van der Waals surface area contributed by atoms with Crippen molar-refractivity contribution in [1.82, 2.24) is 10.6 Å². The van der Waals surface area contributed by atoms with Gasteiger partial charge in [-0.15, -0.1) is 12.4 Å². The van der Waals surface area contributed by atoms with Gasteiger partial charge in [-0.25, -0.2) is 0 Å². The van der Waals surface area contributed by atoms with E-state index in [0.29, 0.717) is 30.4 Å². The van der Waals surface area contributed by atoms with E-state index in [0.717, 1.165) is 25.1 Å². The fraction of sp³-hybridized carbons (Fsp3) is 0.409. The highest BCUT2D eigenvalue weighted by molar-refractivity contribution is 5.96. The second-order valence-electron chi connectivity index (χ2n) is 6.97. The summed E-state index contributed by atoms with van der Waals surface area (Å²) in [5.41, 5.74) is 2.92.